The molecule has 26 heavy (non-hydrogen) atoms. The summed E-state index contributed by atoms with van der Waals surface area (Å²) in [5.41, 5.74) is 1.66. The summed E-state index contributed by atoms with van der Waals surface area (Å²) in [7, 11) is 1.61. The maximum atomic E-state index is 13.0. The van der Waals surface area contributed by atoms with Crippen molar-refractivity contribution >= 4 is 39.9 Å². The molecule has 2 aromatic carbocycles. The third kappa shape index (κ3) is 4.77. The number of thiocarbonyl (C=S) groups is 1. The number of benzene rings is 2. The fourth-order valence-corrected chi connectivity index (χ4v) is 4.35. The van der Waals surface area contributed by atoms with E-state index in [9.17, 15) is 4.79 Å². The second-order valence-electron chi connectivity index (χ2n) is 6.09. The maximum absolute atomic E-state index is 13.0. The topological polar surface area (TPSA) is 41.6 Å². The third-order valence-electron chi connectivity index (χ3n) is 4.26. The van der Waals surface area contributed by atoms with Gasteiger partial charge in [-0.1, -0.05) is 60.4 Å². The first kappa shape index (κ1) is 18.7. The molecule has 0 unspecified atom stereocenters. The molecule has 0 aromatic heterocycles. The van der Waals surface area contributed by atoms with Crippen LogP contribution in [0.1, 0.15) is 23.7 Å². The molecule has 2 aromatic rings. The number of nitrogens with one attached hydrogen (secondary N) is 1. The molecular weight excluding hydrogens is 364 g/mol. The Labute approximate surface area is 163 Å². The lowest BCUT2D eigenvalue weighted by molar-refractivity contribution is -0.115. The van der Waals surface area contributed by atoms with Gasteiger partial charge in [0.25, 0.3) is 0 Å². The predicted octanol–water partition coefficient (Wildman–Crippen LogP) is 4.49. The summed E-state index contributed by atoms with van der Waals surface area (Å²) < 4.78 is 6.02. The summed E-state index contributed by atoms with van der Waals surface area (Å²) in [6, 6.07) is 17.1. The lowest BCUT2D eigenvalue weighted by Gasteiger charge is -2.23. The van der Waals surface area contributed by atoms with Crippen molar-refractivity contribution in [1.82, 2.24) is 4.90 Å². The lowest BCUT2D eigenvalue weighted by atomic mass is 10.1. The number of likely N-dealkylation sites (tertiary alicyclic amines) is 1. The van der Waals surface area contributed by atoms with Gasteiger partial charge in [0.05, 0.1) is 7.11 Å². The van der Waals surface area contributed by atoms with Crippen molar-refractivity contribution in [2.75, 3.05) is 25.5 Å². The van der Waals surface area contributed by atoms with E-state index in [0.717, 1.165) is 35.8 Å². The lowest BCUT2D eigenvalue weighted by Crippen LogP contribution is -2.27. The minimum absolute atomic E-state index is 0.0870. The second kappa shape index (κ2) is 9.05. The molecule has 0 saturated carbocycles. The van der Waals surface area contributed by atoms with Crippen molar-refractivity contribution in [3.05, 3.63) is 60.2 Å². The molecule has 1 amide bonds. The Hall–Kier alpha value is -2.05. The number of rotatable bonds is 5. The Morgan fingerprint density at radius 2 is 1.88 bits per heavy atom. The molecule has 1 aliphatic heterocycles. The number of carbonyl (C=O) groups excluding carboxylic acids is 1. The van der Waals surface area contributed by atoms with Gasteiger partial charge < -0.3 is 15.0 Å². The molecule has 0 radical (unpaired) electrons. The van der Waals surface area contributed by atoms with E-state index in [-0.39, 0.29) is 5.91 Å². The van der Waals surface area contributed by atoms with Crippen molar-refractivity contribution in [3.8, 4) is 5.75 Å². The summed E-state index contributed by atoms with van der Waals surface area (Å²) in [6.07, 6.45) is 2.32. The van der Waals surface area contributed by atoms with Gasteiger partial charge in [0.1, 0.15) is 15.3 Å². The van der Waals surface area contributed by atoms with Gasteiger partial charge in [0, 0.05) is 24.8 Å². The van der Waals surface area contributed by atoms with Crippen molar-refractivity contribution in [2.45, 2.75) is 18.1 Å². The van der Waals surface area contributed by atoms with Crippen LogP contribution in [0.4, 0.5) is 5.69 Å². The van der Waals surface area contributed by atoms with Gasteiger partial charge in [0.15, 0.2) is 0 Å². The fraction of sp³-hybridized carbons (Fsp3) is 0.300. The van der Waals surface area contributed by atoms with Crippen molar-refractivity contribution in [1.29, 1.82) is 0 Å². The Morgan fingerprint density at radius 3 is 2.58 bits per heavy atom. The average molecular weight is 387 g/mol. The van der Waals surface area contributed by atoms with Crippen LogP contribution in [0, 0.1) is 0 Å². The number of amides is 1. The molecule has 1 fully saturated rings. The number of hydrogen-bond donors (Lipinski definition) is 1. The molecule has 3 rings (SSSR count). The molecule has 0 spiro atoms. The van der Waals surface area contributed by atoms with Crippen LogP contribution in [-0.4, -0.2) is 35.3 Å². The van der Waals surface area contributed by atoms with E-state index in [1.54, 1.807) is 7.11 Å². The fourth-order valence-electron chi connectivity index (χ4n) is 2.88. The summed E-state index contributed by atoms with van der Waals surface area (Å²) >= 11 is 7.05. The monoisotopic (exact) mass is 386 g/mol. The number of hydrogen-bond acceptors (Lipinski definition) is 4. The van der Waals surface area contributed by atoms with E-state index in [2.05, 4.69) is 10.2 Å². The highest BCUT2D eigenvalue weighted by Crippen LogP contribution is 2.33. The van der Waals surface area contributed by atoms with Crippen molar-refractivity contribution < 1.29 is 9.53 Å². The van der Waals surface area contributed by atoms with Crippen LogP contribution in [-0.2, 0) is 4.79 Å². The minimum Gasteiger partial charge on any atom is -0.497 e. The van der Waals surface area contributed by atoms with E-state index >= 15 is 0 Å². The Kier molecular flexibility index (Phi) is 6.52. The number of ether oxygens (including phenoxy) is 1. The summed E-state index contributed by atoms with van der Waals surface area (Å²) in [6.45, 7) is 1.95. The van der Waals surface area contributed by atoms with E-state index in [4.69, 9.17) is 17.0 Å². The second-order valence-corrected chi connectivity index (χ2v) is 7.83. The molecule has 1 heterocycles. The Bertz CT molecular complexity index is 761. The number of anilines is 1. The van der Waals surface area contributed by atoms with Crippen LogP contribution in [0.25, 0.3) is 0 Å². The van der Waals surface area contributed by atoms with Gasteiger partial charge in [0.2, 0.25) is 5.91 Å². The molecular formula is C20H22N2O2S2. The van der Waals surface area contributed by atoms with Crippen LogP contribution in [0.3, 0.4) is 0 Å². The smallest absolute Gasteiger partial charge is 0.242 e. The zero-order valence-corrected chi connectivity index (χ0v) is 16.3. The quantitative estimate of drug-likeness (QED) is 0.767. The van der Waals surface area contributed by atoms with E-state index < -0.39 is 5.25 Å². The van der Waals surface area contributed by atoms with Gasteiger partial charge in [-0.25, -0.2) is 0 Å². The average Bonchev–Trinajstić information content (AvgIpc) is 3.21. The van der Waals surface area contributed by atoms with Crippen molar-refractivity contribution in [3.63, 3.8) is 0 Å². The molecule has 136 valence electrons. The van der Waals surface area contributed by atoms with Crippen molar-refractivity contribution in [2.24, 2.45) is 0 Å². The number of nitrogens with zero attached hydrogens (tertiary/aromatic N) is 1. The highest BCUT2D eigenvalue weighted by atomic mass is 32.2. The molecule has 1 N–H and O–H groups in total. The first-order chi connectivity index (χ1) is 12.7. The van der Waals surface area contributed by atoms with Crippen LogP contribution >= 0.6 is 24.0 Å². The number of thioether (sulfide) groups is 1. The molecule has 1 saturated heterocycles. The molecule has 0 bridgehead atoms. The summed E-state index contributed by atoms with van der Waals surface area (Å²) in [4.78, 5) is 15.2. The van der Waals surface area contributed by atoms with Crippen LogP contribution < -0.4 is 10.1 Å². The Morgan fingerprint density at radius 1 is 1.15 bits per heavy atom. The largest absolute Gasteiger partial charge is 0.497 e. The normalized spacial score (nSPS) is 14.7. The number of methoxy groups -OCH3 is 1. The molecule has 1 aliphatic rings. The SMILES string of the molecule is COc1cccc(NC(=O)[C@H](SC(=S)N2CCCC2)c2ccccc2)c1. The van der Waals surface area contributed by atoms with Crippen LogP contribution in [0.2, 0.25) is 0 Å². The van der Waals surface area contributed by atoms with Gasteiger partial charge >= 0.3 is 0 Å². The third-order valence-corrected chi connectivity index (χ3v) is 5.99. The molecule has 4 nitrogen and oxygen atoms in total. The van der Waals surface area contributed by atoms with Crippen LogP contribution in [0.15, 0.2) is 54.6 Å². The highest BCUT2D eigenvalue weighted by molar-refractivity contribution is 8.23. The first-order valence-corrected chi connectivity index (χ1v) is 9.91. The standard InChI is InChI=1S/C20H22N2O2S2/c1-24-17-11-7-10-16(14-17)21-19(23)18(15-8-3-2-4-9-15)26-20(25)22-12-5-6-13-22/h2-4,7-11,14,18H,5-6,12-13H2,1H3,(H,21,23)/t18-/m1/s1. The number of carbonyl (C=O) groups is 1. The molecule has 6 heteroatoms. The van der Waals surface area contributed by atoms with Gasteiger partial charge in [-0.15, -0.1) is 0 Å². The first-order valence-electron chi connectivity index (χ1n) is 8.63. The van der Waals surface area contributed by atoms with E-state index in [0.29, 0.717) is 11.4 Å². The van der Waals surface area contributed by atoms with E-state index in [1.165, 1.54) is 11.8 Å². The van der Waals surface area contributed by atoms with Gasteiger partial charge in [-0.2, -0.15) is 0 Å². The summed E-state index contributed by atoms with van der Waals surface area (Å²) in [5.74, 6) is 0.621. The van der Waals surface area contributed by atoms with Gasteiger partial charge in [-0.3, -0.25) is 4.79 Å². The Balaban J connectivity index is 1.77. The van der Waals surface area contributed by atoms with Gasteiger partial charge in [-0.05, 0) is 30.5 Å². The van der Waals surface area contributed by atoms with Crippen LogP contribution in [0.5, 0.6) is 5.75 Å². The minimum atomic E-state index is -0.393. The molecule has 1 atom stereocenters. The molecule has 0 aliphatic carbocycles. The highest BCUT2D eigenvalue weighted by Gasteiger charge is 2.26. The zero-order valence-electron chi connectivity index (χ0n) is 14.7. The van der Waals surface area contributed by atoms with E-state index in [1.807, 2.05) is 54.6 Å². The maximum Gasteiger partial charge on any atom is 0.242 e. The summed E-state index contributed by atoms with van der Waals surface area (Å²) in [5, 5.41) is 2.60. The zero-order chi connectivity index (χ0) is 18.4. The predicted molar refractivity (Wildman–Crippen MR) is 112 cm³/mol.